The van der Waals surface area contributed by atoms with Crippen molar-refractivity contribution in [1.82, 2.24) is 0 Å². The molecular weight excluding hydrogens is 451 g/mol. The number of anilines is 1. The molecule has 0 bridgehead atoms. The zero-order valence-corrected chi connectivity index (χ0v) is 18.7. The lowest BCUT2D eigenvalue weighted by Gasteiger charge is -2.25. The lowest BCUT2D eigenvalue weighted by Crippen LogP contribution is -2.38. The average molecular weight is 469 g/mol. The molecule has 0 aromatic heterocycles. The summed E-state index contributed by atoms with van der Waals surface area (Å²) >= 11 is 13.7. The van der Waals surface area contributed by atoms with Crippen LogP contribution in [0.25, 0.3) is 0 Å². The molecule has 2 aromatic carbocycles. The van der Waals surface area contributed by atoms with Gasteiger partial charge >= 0.3 is 0 Å². The fourth-order valence-corrected chi connectivity index (χ4v) is 7.97. The number of carbonyl (C=O) groups excluding carboxylic acids is 1. The number of amidine groups is 1. The van der Waals surface area contributed by atoms with E-state index in [9.17, 15) is 13.2 Å². The number of aryl methyl sites for hydroxylation is 1. The van der Waals surface area contributed by atoms with Crippen molar-refractivity contribution in [3.05, 3.63) is 63.6 Å². The molecule has 0 radical (unpaired) electrons. The minimum atomic E-state index is -3.14. The Morgan fingerprint density at radius 3 is 2.59 bits per heavy atom. The summed E-state index contributed by atoms with van der Waals surface area (Å²) in [6, 6.07) is 12.4. The standard InChI is InChI=1S/C20H18Cl2N2O3S2/c1-12-2-4-13(5-3-12)8-19(25)23-20-24(16-7-6-14(21)9-15(16)22)17-10-29(26,27)11-18(17)28-20/h2-7,9,17-18H,8,10-11H2,1H3/t17-,18-/m1/s1. The molecule has 2 saturated heterocycles. The van der Waals surface area contributed by atoms with Gasteiger partial charge in [0.1, 0.15) is 0 Å². The van der Waals surface area contributed by atoms with Crippen molar-refractivity contribution in [2.45, 2.75) is 24.6 Å². The lowest BCUT2D eigenvalue weighted by atomic mass is 10.1. The number of amides is 1. The topological polar surface area (TPSA) is 66.8 Å². The Kier molecular flexibility index (Phi) is 5.68. The number of rotatable bonds is 3. The fraction of sp³-hybridized carbons (Fsp3) is 0.300. The van der Waals surface area contributed by atoms with E-state index in [1.807, 2.05) is 31.2 Å². The van der Waals surface area contributed by atoms with Crippen LogP contribution in [0.15, 0.2) is 47.5 Å². The lowest BCUT2D eigenvalue weighted by molar-refractivity contribution is -0.117. The maximum Gasteiger partial charge on any atom is 0.252 e. The maximum absolute atomic E-state index is 12.6. The smallest absolute Gasteiger partial charge is 0.252 e. The molecule has 9 heteroatoms. The van der Waals surface area contributed by atoms with Gasteiger partial charge in [0.2, 0.25) is 0 Å². The molecule has 0 spiro atoms. The van der Waals surface area contributed by atoms with Crippen molar-refractivity contribution in [3.8, 4) is 0 Å². The first-order valence-corrected chi connectivity index (χ1v) is 12.5. The second-order valence-electron chi connectivity index (χ2n) is 7.22. The van der Waals surface area contributed by atoms with Gasteiger partial charge in [0.05, 0.1) is 34.7 Å². The van der Waals surface area contributed by atoms with Crippen LogP contribution in [-0.4, -0.2) is 42.3 Å². The largest absolute Gasteiger partial charge is 0.314 e. The number of hydrogen-bond donors (Lipinski definition) is 0. The number of thioether (sulfide) groups is 1. The Morgan fingerprint density at radius 1 is 1.17 bits per heavy atom. The van der Waals surface area contributed by atoms with Gasteiger partial charge in [-0.2, -0.15) is 4.99 Å². The number of hydrogen-bond acceptors (Lipinski definition) is 4. The van der Waals surface area contributed by atoms with E-state index in [2.05, 4.69) is 4.99 Å². The second kappa shape index (κ2) is 7.95. The molecule has 0 aliphatic carbocycles. The number of sulfone groups is 1. The predicted molar refractivity (Wildman–Crippen MR) is 120 cm³/mol. The molecule has 1 amide bonds. The van der Waals surface area contributed by atoms with Gasteiger partial charge < -0.3 is 4.90 Å². The monoisotopic (exact) mass is 468 g/mol. The van der Waals surface area contributed by atoms with Crippen LogP contribution >= 0.6 is 35.0 Å². The third-order valence-corrected chi connectivity index (χ3v) is 8.68. The predicted octanol–water partition coefficient (Wildman–Crippen LogP) is 4.15. The van der Waals surface area contributed by atoms with Crippen molar-refractivity contribution in [1.29, 1.82) is 0 Å². The molecule has 2 heterocycles. The Bertz CT molecular complexity index is 1100. The maximum atomic E-state index is 12.6. The van der Waals surface area contributed by atoms with Gasteiger partial charge in [-0.05, 0) is 30.7 Å². The van der Waals surface area contributed by atoms with E-state index in [-0.39, 0.29) is 35.1 Å². The summed E-state index contributed by atoms with van der Waals surface area (Å²) in [5.41, 5.74) is 2.61. The summed E-state index contributed by atoms with van der Waals surface area (Å²) in [4.78, 5) is 18.7. The van der Waals surface area contributed by atoms with Crippen LogP contribution in [0.2, 0.25) is 10.0 Å². The number of nitrogens with zero attached hydrogens (tertiary/aromatic N) is 2. The van der Waals surface area contributed by atoms with Gasteiger partial charge in [0.15, 0.2) is 15.0 Å². The van der Waals surface area contributed by atoms with Crippen LogP contribution in [0, 0.1) is 6.92 Å². The van der Waals surface area contributed by atoms with Gasteiger partial charge in [-0.1, -0.05) is 64.8 Å². The molecule has 0 unspecified atom stereocenters. The van der Waals surface area contributed by atoms with E-state index >= 15 is 0 Å². The number of carbonyl (C=O) groups is 1. The minimum Gasteiger partial charge on any atom is -0.314 e. The zero-order chi connectivity index (χ0) is 20.8. The first-order chi connectivity index (χ1) is 13.7. The molecule has 29 heavy (non-hydrogen) atoms. The van der Waals surface area contributed by atoms with Crippen molar-refractivity contribution in [2.75, 3.05) is 16.4 Å². The molecule has 152 valence electrons. The van der Waals surface area contributed by atoms with Crippen molar-refractivity contribution < 1.29 is 13.2 Å². The van der Waals surface area contributed by atoms with Gasteiger partial charge in [-0.25, -0.2) is 8.42 Å². The number of halogens is 2. The highest BCUT2D eigenvalue weighted by molar-refractivity contribution is 8.16. The molecule has 2 fully saturated rings. The molecular formula is C20H18Cl2N2O3S2. The SMILES string of the molecule is Cc1ccc(CC(=O)N=C2S[C@@H]3CS(=O)(=O)C[C@H]3N2c2ccc(Cl)cc2Cl)cc1. The molecule has 0 saturated carbocycles. The van der Waals surface area contributed by atoms with E-state index in [0.717, 1.165) is 11.1 Å². The highest BCUT2D eigenvalue weighted by atomic mass is 35.5. The number of benzene rings is 2. The minimum absolute atomic E-state index is 0.00872. The molecule has 0 N–H and O–H groups in total. The molecule has 2 aromatic rings. The first kappa shape index (κ1) is 20.7. The zero-order valence-electron chi connectivity index (χ0n) is 15.5. The van der Waals surface area contributed by atoms with Crippen molar-refractivity contribution in [3.63, 3.8) is 0 Å². The van der Waals surface area contributed by atoms with E-state index in [0.29, 0.717) is 20.9 Å². The van der Waals surface area contributed by atoms with Crippen LogP contribution in [0.4, 0.5) is 5.69 Å². The van der Waals surface area contributed by atoms with Gasteiger partial charge in [-0.3, -0.25) is 4.79 Å². The van der Waals surface area contributed by atoms with Gasteiger partial charge in [0, 0.05) is 10.3 Å². The van der Waals surface area contributed by atoms with Crippen LogP contribution in [0.5, 0.6) is 0 Å². The second-order valence-corrected chi connectivity index (χ2v) is 11.4. The average Bonchev–Trinajstić information content (AvgIpc) is 3.08. The van der Waals surface area contributed by atoms with Gasteiger partial charge in [-0.15, -0.1) is 0 Å². The van der Waals surface area contributed by atoms with E-state index < -0.39 is 9.84 Å². The summed E-state index contributed by atoms with van der Waals surface area (Å²) in [5.74, 6) is -0.210. The summed E-state index contributed by atoms with van der Waals surface area (Å²) in [6.45, 7) is 1.99. The summed E-state index contributed by atoms with van der Waals surface area (Å²) < 4.78 is 24.3. The fourth-order valence-electron chi connectivity index (χ4n) is 3.55. The Balaban J connectivity index is 1.66. The highest BCUT2D eigenvalue weighted by Crippen LogP contribution is 2.43. The Labute approximate surface area is 184 Å². The quantitative estimate of drug-likeness (QED) is 0.676. The van der Waals surface area contributed by atoms with Crippen LogP contribution < -0.4 is 4.90 Å². The van der Waals surface area contributed by atoms with Crippen LogP contribution in [0.1, 0.15) is 11.1 Å². The summed E-state index contributed by atoms with van der Waals surface area (Å²) in [6.07, 6.45) is 0.181. The third kappa shape index (κ3) is 4.48. The molecule has 2 aliphatic rings. The van der Waals surface area contributed by atoms with E-state index in [4.69, 9.17) is 23.2 Å². The van der Waals surface area contributed by atoms with Crippen molar-refractivity contribution in [2.24, 2.45) is 4.99 Å². The molecule has 2 aliphatic heterocycles. The van der Waals surface area contributed by atoms with Gasteiger partial charge in [0.25, 0.3) is 5.91 Å². The summed E-state index contributed by atoms with van der Waals surface area (Å²) in [7, 11) is -3.14. The molecule has 4 rings (SSSR count). The van der Waals surface area contributed by atoms with E-state index in [1.165, 1.54) is 11.8 Å². The number of fused-ring (bicyclic) bond motifs is 1. The third-order valence-electron chi connectivity index (χ3n) is 4.93. The summed E-state index contributed by atoms with van der Waals surface area (Å²) in [5, 5.41) is 1.17. The first-order valence-electron chi connectivity index (χ1n) is 9.00. The van der Waals surface area contributed by atoms with Crippen molar-refractivity contribution >= 4 is 61.6 Å². The van der Waals surface area contributed by atoms with E-state index in [1.54, 1.807) is 23.1 Å². The Morgan fingerprint density at radius 2 is 1.90 bits per heavy atom. The molecule has 5 nitrogen and oxygen atoms in total. The molecule has 2 atom stereocenters. The normalized spacial score (nSPS) is 24.1. The van der Waals surface area contributed by atoms with Crippen LogP contribution in [0.3, 0.4) is 0 Å². The highest BCUT2D eigenvalue weighted by Gasteiger charge is 2.49. The van der Waals surface area contributed by atoms with Crippen LogP contribution in [-0.2, 0) is 21.1 Å². The number of aliphatic imine (C=N–C) groups is 1. The Hall–Kier alpha value is -1.54.